The van der Waals surface area contributed by atoms with Crippen molar-refractivity contribution < 1.29 is 22.6 Å². The van der Waals surface area contributed by atoms with Crippen molar-refractivity contribution in [1.29, 1.82) is 0 Å². The van der Waals surface area contributed by atoms with E-state index in [2.05, 4.69) is 21.8 Å². The molecule has 0 saturated heterocycles. The minimum Gasteiger partial charge on any atom is -0.406 e. The third-order valence-corrected chi connectivity index (χ3v) is 5.24. The standard InChI is InChI=1S/C24H25F3N2O2/c1-4-30-23-28(18-8-6-5-7-9-18)21-11-10-20(31-24(25,26)27)15-22(21)29(23)19-13-16(2)12-17(3)14-19/h5-6,8,10-15,23H,4,7,9H2,1-3H3. The normalized spacial score (nSPS) is 18.3. The molecule has 1 unspecified atom stereocenters. The maximum atomic E-state index is 12.9. The quantitative estimate of drug-likeness (QED) is 0.526. The molecule has 2 aromatic carbocycles. The van der Waals surface area contributed by atoms with Crippen LogP contribution in [-0.2, 0) is 4.74 Å². The number of alkyl halides is 3. The number of hydrogen-bond acceptors (Lipinski definition) is 4. The van der Waals surface area contributed by atoms with Gasteiger partial charge in [-0.25, -0.2) is 0 Å². The minimum atomic E-state index is -4.76. The van der Waals surface area contributed by atoms with Crippen molar-refractivity contribution in [3.63, 3.8) is 0 Å². The summed E-state index contributed by atoms with van der Waals surface area (Å²) >= 11 is 0. The molecule has 1 atom stereocenters. The van der Waals surface area contributed by atoms with E-state index in [1.165, 1.54) is 12.1 Å². The monoisotopic (exact) mass is 430 g/mol. The molecule has 1 aliphatic heterocycles. The van der Waals surface area contributed by atoms with E-state index in [0.29, 0.717) is 12.3 Å². The molecule has 4 nitrogen and oxygen atoms in total. The van der Waals surface area contributed by atoms with Gasteiger partial charge in [0.25, 0.3) is 0 Å². The number of allylic oxidation sites excluding steroid dienone is 4. The molecule has 2 aromatic rings. The van der Waals surface area contributed by atoms with E-state index >= 15 is 0 Å². The van der Waals surface area contributed by atoms with E-state index < -0.39 is 12.7 Å². The van der Waals surface area contributed by atoms with Crippen LogP contribution in [0.2, 0.25) is 0 Å². The molecule has 164 valence electrons. The fraction of sp³-hybridized carbons (Fsp3) is 0.333. The fourth-order valence-electron chi connectivity index (χ4n) is 4.19. The highest BCUT2D eigenvalue weighted by atomic mass is 19.4. The van der Waals surface area contributed by atoms with Crippen molar-refractivity contribution >= 4 is 17.1 Å². The van der Waals surface area contributed by atoms with E-state index in [-0.39, 0.29) is 5.75 Å². The number of benzene rings is 2. The van der Waals surface area contributed by atoms with Gasteiger partial charge in [0.1, 0.15) is 5.75 Å². The van der Waals surface area contributed by atoms with Crippen LogP contribution in [0.5, 0.6) is 5.75 Å². The molecular weight excluding hydrogens is 405 g/mol. The second kappa shape index (κ2) is 8.30. The Morgan fingerprint density at radius 2 is 1.74 bits per heavy atom. The van der Waals surface area contributed by atoms with Gasteiger partial charge >= 0.3 is 6.36 Å². The topological polar surface area (TPSA) is 24.9 Å². The predicted molar refractivity (Wildman–Crippen MR) is 116 cm³/mol. The second-order valence-corrected chi connectivity index (χ2v) is 7.69. The summed E-state index contributed by atoms with van der Waals surface area (Å²) in [6.07, 6.45) is 2.58. The molecule has 0 amide bonds. The first-order valence-electron chi connectivity index (χ1n) is 10.3. The number of anilines is 3. The number of aryl methyl sites for hydroxylation is 2. The van der Waals surface area contributed by atoms with Crippen molar-refractivity contribution in [1.82, 2.24) is 0 Å². The van der Waals surface area contributed by atoms with E-state index in [0.717, 1.165) is 41.0 Å². The summed E-state index contributed by atoms with van der Waals surface area (Å²) in [5.41, 5.74) is 5.43. The maximum absolute atomic E-state index is 12.9. The Hall–Kier alpha value is -2.93. The highest BCUT2D eigenvalue weighted by Crippen LogP contribution is 2.49. The molecule has 7 heteroatoms. The Bertz CT molecular complexity index is 1010. The van der Waals surface area contributed by atoms with E-state index in [1.54, 1.807) is 6.07 Å². The average Bonchev–Trinajstić information content (AvgIpc) is 3.00. The fourth-order valence-corrected chi connectivity index (χ4v) is 4.19. The lowest BCUT2D eigenvalue weighted by molar-refractivity contribution is -0.274. The first-order valence-corrected chi connectivity index (χ1v) is 10.3. The van der Waals surface area contributed by atoms with Gasteiger partial charge in [0, 0.05) is 24.1 Å². The van der Waals surface area contributed by atoms with Gasteiger partial charge in [-0.3, -0.25) is 9.80 Å². The van der Waals surface area contributed by atoms with Crippen LogP contribution in [0.25, 0.3) is 0 Å². The highest BCUT2D eigenvalue weighted by molar-refractivity contribution is 5.86. The van der Waals surface area contributed by atoms with Gasteiger partial charge in [0.05, 0.1) is 11.4 Å². The molecule has 0 radical (unpaired) electrons. The average molecular weight is 430 g/mol. The van der Waals surface area contributed by atoms with Crippen molar-refractivity contribution in [3.8, 4) is 5.75 Å². The first-order chi connectivity index (χ1) is 14.8. The molecule has 0 bridgehead atoms. The minimum absolute atomic E-state index is 0.254. The largest absolute Gasteiger partial charge is 0.573 e. The molecule has 0 aromatic heterocycles. The van der Waals surface area contributed by atoms with Crippen LogP contribution in [-0.4, -0.2) is 19.3 Å². The molecule has 31 heavy (non-hydrogen) atoms. The second-order valence-electron chi connectivity index (χ2n) is 7.69. The van der Waals surface area contributed by atoms with Gasteiger partial charge in [-0.2, -0.15) is 0 Å². The Kier molecular flexibility index (Phi) is 5.71. The summed E-state index contributed by atoms with van der Waals surface area (Å²) in [4.78, 5) is 4.01. The zero-order valence-corrected chi connectivity index (χ0v) is 17.7. The van der Waals surface area contributed by atoms with Crippen LogP contribution in [0, 0.1) is 13.8 Å². The number of rotatable bonds is 5. The molecule has 4 rings (SSSR count). The maximum Gasteiger partial charge on any atom is 0.573 e. The third-order valence-electron chi connectivity index (χ3n) is 5.24. The van der Waals surface area contributed by atoms with Gasteiger partial charge in [-0.05, 0) is 75.1 Å². The molecule has 2 aliphatic rings. The van der Waals surface area contributed by atoms with Crippen LogP contribution in [0.3, 0.4) is 0 Å². The lowest BCUT2D eigenvalue weighted by atomic mass is 10.1. The zero-order valence-electron chi connectivity index (χ0n) is 17.7. The number of fused-ring (bicyclic) bond motifs is 1. The summed E-state index contributed by atoms with van der Waals surface area (Å²) < 4.78 is 49.1. The molecule has 1 aliphatic carbocycles. The number of nitrogens with zero attached hydrogens (tertiary/aromatic N) is 2. The number of ether oxygens (including phenoxy) is 2. The van der Waals surface area contributed by atoms with Crippen molar-refractivity contribution in [2.24, 2.45) is 0 Å². The van der Waals surface area contributed by atoms with Gasteiger partial charge in [-0.1, -0.05) is 18.2 Å². The van der Waals surface area contributed by atoms with Crippen LogP contribution in [0.4, 0.5) is 30.2 Å². The van der Waals surface area contributed by atoms with Crippen LogP contribution >= 0.6 is 0 Å². The predicted octanol–water partition coefficient (Wildman–Crippen LogP) is 6.71. The summed E-state index contributed by atoms with van der Waals surface area (Å²) in [5, 5.41) is 0. The molecule has 0 fully saturated rings. The molecule has 1 heterocycles. The smallest absolute Gasteiger partial charge is 0.406 e. The Balaban J connectivity index is 1.89. The Morgan fingerprint density at radius 1 is 1.00 bits per heavy atom. The van der Waals surface area contributed by atoms with E-state index in [1.807, 2.05) is 50.0 Å². The SMILES string of the molecule is CCOC1N(C2=CC=CCC2)c2ccc(OC(F)(F)F)cc2N1c1cc(C)cc(C)c1. The zero-order chi connectivity index (χ0) is 22.2. The van der Waals surface area contributed by atoms with Crippen molar-refractivity contribution in [2.45, 2.75) is 46.3 Å². The lowest BCUT2D eigenvalue weighted by Gasteiger charge is -2.34. The van der Waals surface area contributed by atoms with Crippen LogP contribution < -0.4 is 14.5 Å². The summed E-state index contributed by atoms with van der Waals surface area (Å²) in [6.45, 7) is 6.36. The summed E-state index contributed by atoms with van der Waals surface area (Å²) in [7, 11) is 0. The van der Waals surface area contributed by atoms with Crippen molar-refractivity contribution in [3.05, 3.63) is 71.5 Å². The molecule has 0 N–H and O–H groups in total. The third kappa shape index (κ3) is 4.42. The Labute approximate surface area is 180 Å². The van der Waals surface area contributed by atoms with Crippen molar-refractivity contribution in [2.75, 3.05) is 16.4 Å². The first kappa shape index (κ1) is 21.3. The Morgan fingerprint density at radius 3 is 2.35 bits per heavy atom. The molecule has 0 saturated carbocycles. The van der Waals surface area contributed by atoms with Gasteiger partial charge in [0.15, 0.2) is 0 Å². The van der Waals surface area contributed by atoms with Gasteiger partial charge in [-0.15, -0.1) is 13.2 Å². The van der Waals surface area contributed by atoms with Crippen LogP contribution in [0.1, 0.15) is 30.9 Å². The summed E-state index contributed by atoms with van der Waals surface area (Å²) in [5.74, 6) is -0.254. The van der Waals surface area contributed by atoms with Gasteiger partial charge < -0.3 is 9.47 Å². The van der Waals surface area contributed by atoms with Gasteiger partial charge in [0.2, 0.25) is 6.35 Å². The molecule has 0 spiro atoms. The lowest BCUT2D eigenvalue weighted by Crippen LogP contribution is -2.43. The number of hydrogen-bond donors (Lipinski definition) is 0. The number of halogens is 3. The van der Waals surface area contributed by atoms with E-state index in [9.17, 15) is 13.2 Å². The summed E-state index contributed by atoms with van der Waals surface area (Å²) in [6, 6.07) is 10.5. The van der Waals surface area contributed by atoms with Crippen LogP contribution in [0.15, 0.2) is 60.3 Å². The highest BCUT2D eigenvalue weighted by Gasteiger charge is 2.40. The molecular formula is C24H25F3N2O2. The van der Waals surface area contributed by atoms with E-state index in [4.69, 9.17) is 4.74 Å².